The predicted molar refractivity (Wildman–Crippen MR) is 88.1 cm³/mol. The van der Waals surface area contributed by atoms with E-state index in [1.54, 1.807) is 6.92 Å². The molecule has 3 amide bonds. The molecule has 7 nitrogen and oxygen atoms in total. The summed E-state index contributed by atoms with van der Waals surface area (Å²) in [5.41, 5.74) is 8.86. The molecule has 1 heterocycles. The number of aryl methyl sites for hydroxylation is 2. The molecule has 0 fully saturated rings. The van der Waals surface area contributed by atoms with Crippen LogP contribution in [0.15, 0.2) is 30.3 Å². The molecule has 122 valence electrons. The van der Waals surface area contributed by atoms with Gasteiger partial charge in [-0.05, 0) is 44.5 Å². The minimum Gasteiger partial charge on any atom is -0.374 e. The monoisotopic (exact) mass is 315 g/mol. The molecule has 0 unspecified atom stereocenters. The van der Waals surface area contributed by atoms with Crippen molar-refractivity contribution in [1.29, 1.82) is 0 Å². The highest BCUT2D eigenvalue weighted by molar-refractivity contribution is 5.97. The van der Waals surface area contributed by atoms with E-state index in [2.05, 4.69) is 15.7 Å². The molecule has 0 aliphatic carbocycles. The normalized spacial score (nSPS) is 11.8. The lowest BCUT2D eigenvalue weighted by Crippen LogP contribution is -2.43. The maximum Gasteiger partial charge on any atom is 0.318 e. The van der Waals surface area contributed by atoms with Gasteiger partial charge in [0.25, 0.3) is 0 Å². The van der Waals surface area contributed by atoms with Crippen LogP contribution in [0, 0.1) is 13.8 Å². The molecule has 0 saturated carbocycles. The van der Waals surface area contributed by atoms with Crippen molar-refractivity contribution in [3.63, 3.8) is 0 Å². The van der Waals surface area contributed by atoms with E-state index >= 15 is 0 Å². The molecule has 4 N–H and O–H groups in total. The molecule has 23 heavy (non-hydrogen) atoms. The number of carbonyl (C=O) groups is 2. The topological polar surface area (TPSA) is 102 Å². The third-order valence-electron chi connectivity index (χ3n) is 3.39. The van der Waals surface area contributed by atoms with E-state index in [1.165, 1.54) is 0 Å². The fourth-order valence-electron chi connectivity index (χ4n) is 2.31. The van der Waals surface area contributed by atoms with Gasteiger partial charge in [0.1, 0.15) is 6.04 Å². The summed E-state index contributed by atoms with van der Waals surface area (Å²) in [7, 11) is 0. The average Bonchev–Trinajstić information content (AvgIpc) is 2.76. The van der Waals surface area contributed by atoms with E-state index < -0.39 is 18.0 Å². The van der Waals surface area contributed by atoms with E-state index in [4.69, 9.17) is 5.73 Å². The molecule has 1 atom stereocenters. The van der Waals surface area contributed by atoms with Gasteiger partial charge >= 0.3 is 6.03 Å². The Morgan fingerprint density at radius 2 is 2.04 bits per heavy atom. The van der Waals surface area contributed by atoms with Gasteiger partial charge in [-0.3, -0.25) is 14.8 Å². The highest BCUT2D eigenvalue weighted by Crippen LogP contribution is 2.14. The zero-order chi connectivity index (χ0) is 17.0. The molecular weight excluding hydrogens is 294 g/mol. The van der Waals surface area contributed by atoms with Gasteiger partial charge in [-0.25, -0.2) is 4.79 Å². The summed E-state index contributed by atoms with van der Waals surface area (Å²) in [6.45, 7) is 6.28. The Kier molecular flexibility index (Phi) is 5.00. The van der Waals surface area contributed by atoms with Crippen LogP contribution in [0.5, 0.6) is 0 Å². The molecule has 0 spiro atoms. The number of nitrogens with zero attached hydrogens (tertiary/aromatic N) is 2. The van der Waals surface area contributed by atoms with E-state index in [0.29, 0.717) is 6.54 Å². The summed E-state index contributed by atoms with van der Waals surface area (Å²) in [4.78, 5) is 22.4. The number of anilines is 1. The first-order chi connectivity index (χ1) is 10.8. The molecule has 0 aliphatic heterocycles. The van der Waals surface area contributed by atoms with Crippen molar-refractivity contribution < 1.29 is 9.59 Å². The van der Waals surface area contributed by atoms with Gasteiger partial charge in [0.15, 0.2) is 0 Å². The fraction of sp³-hybridized carbons (Fsp3) is 0.312. The first-order valence-electron chi connectivity index (χ1n) is 7.32. The summed E-state index contributed by atoms with van der Waals surface area (Å²) >= 11 is 0. The summed E-state index contributed by atoms with van der Waals surface area (Å²) in [6, 6.07) is 8.30. The lowest BCUT2D eigenvalue weighted by atomic mass is 10.2. The molecule has 7 heteroatoms. The van der Waals surface area contributed by atoms with Gasteiger partial charge in [-0.2, -0.15) is 5.10 Å². The first kappa shape index (κ1) is 16.5. The van der Waals surface area contributed by atoms with Gasteiger partial charge in [-0.15, -0.1) is 0 Å². The third kappa shape index (κ3) is 4.57. The molecule has 0 bridgehead atoms. The van der Waals surface area contributed by atoms with Gasteiger partial charge in [0.05, 0.1) is 12.2 Å². The quantitative estimate of drug-likeness (QED) is 0.779. The van der Waals surface area contributed by atoms with Gasteiger partial charge in [0.2, 0.25) is 5.91 Å². The number of hydrogen-bond donors (Lipinski definition) is 3. The number of imide groups is 1. The van der Waals surface area contributed by atoms with Crippen molar-refractivity contribution in [2.75, 3.05) is 5.32 Å². The Morgan fingerprint density at radius 3 is 2.65 bits per heavy atom. The molecule has 2 rings (SSSR count). The van der Waals surface area contributed by atoms with Crippen molar-refractivity contribution in [3.8, 4) is 0 Å². The first-order valence-corrected chi connectivity index (χ1v) is 7.32. The highest BCUT2D eigenvalue weighted by atomic mass is 16.2. The largest absolute Gasteiger partial charge is 0.374 e. The second-order valence-electron chi connectivity index (χ2n) is 5.50. The summed E-state index contributed by atoms with van der Waals surface area (Å²) in [6.07, 6.45) is 0. The maximum atomic E-state index is 11.7. The van der Waals surface area contributed by atoms with Crippen molar-refractivity contribution >= 4 is 17.6 Å². The number of amides is 3. The van der Waals surface area contributed by atoms with E-state index in [1.807, 2.05) is 48.9 Å². The van der Waals surface area contributed by atoms with Crippen LogP contribution in [0.1, 0.15) is 23.9 Å². The summed E-state index contributed by atoms with van der Waals surface area (Å²) in [5, 5.41) is 9.53. The number of nitrogens with one attached hydrogen (secondary N) is 2. The lowest BCUT2D eigenvalue weighted by molar-refractivity contribution is -0.120. The standard InChI is InChI=1S/C16H21N5O2/c1-10-7-11(2)21(20-10)9-13-5-4-6-14(8-13)18-12(3)15(22)19-16(17)23/h4-8,12,18H,9H2,1-3H3,(H3,17,19,22,23)/t12-/m1/s1. The van der Waals surface area contributed by atoms with Crippen LogP contribution in [0.25, 0.3) is 0 Å². The van der Waals surface area contributed by atoms with Crippen molar-refractivity contribution in [2.45, 2.75) is 33.4 Å². The number of hydrogen-bond acceptors (Lipinski definition) is 4. The molecule has 0 aliphatic rings. The molecule has 2 aromatic rings. The number of carbonyl (C=O) groups excluding carboxylic acids is 2. The zero-order valence-electron chi connectivity index (χ0n) is 13.5. The smallest absolute Gasteiger partial charge is 0.318 e. The Morgan fingerprint density at radius 1 is 1.30 bits per heavy atom. The highest BCUT2D eigenvalue weighted by Gasteiger charge is 2.14. The second kappa shape index (κ2) is 6.95. The van der Waals surface area contributed by atoms with Gasteiger partial charge in [0, 0.05) is 11.4 Å². The van der Waals surface area contributed by atoms with Crippen molar-refractivity contribution in [1.82, 2.24) is 15.1 Å². The van der Waals surface area contributed by atoms with Crippen LogP contribution in [-0.2, 0) is 11.3 Å². The lowest BCUT2D eigenvalue weighted by Gasteiger charge is -2.15. The number of benzene rings is 1. The summed E-state index contributed by atoms with van der Waals surface area (Å²) < 4.78 is 1.93. The SMILES string of the molecule is Cc1cc(C)n(Cc2cccc(N[C@H](C)C(=O)NC(N)=O)c2)n1. The van der Waals surface area contributed by atoms with Gasteiger partial charge in [-0.1, -0.05) is 12.1 Å². The number of rotatable bonds is 5. The Labute approximate surface area is 134 Å². The zero-order valence-corrected chi connectivity index (χ0v) is 13.5. The van der Waals surface area contributed by atoms with Crippen LogP contribution in [0.2, 0.25) is 0 Å². The molecule has 1 aromatic heterocycles. The molecular formula is C16H21N5O2. The van der Waals surface area contributed by atoms with Crippen LogP contribution >= 0.6 is 0 Å². The number of urea groups is 1. The van der Waals surface area contributed by atoms with Crippen molar-refractivity contribution in [2.24, 2.45) is 5.73 Å². The molecule has 0 radical (unpaired) electrons. The van der Waals surface area contributed by atoms with Crippen LogP contribution in [0.4, 0.5) is 10.5 Å². The minimum atomic E-state index is -0.859. The maximum absolute atomic E-state index is 11.7. The van der Waals surface area contributed by atoms with Crippen LogP contribution in [-0.4, -0.2) is 27.8 Å². The predicted octanol–water partition coefficient (Wildman–Crippen LogP) is 1.54. The van der Waals surface area contributed by atoms with Crippen molar-refractivity contribution in [3.05, 3.63) is 47.3 Å². The number of primary amides is 1. The van der Waals surface area contributed by atoms with E-state index in [9.17, 15) is 9.59 Å². The minimum absolute atomic E-state index is 0.471. The third-order valence-corrected chi connectivity index (χ3v) is 3.39. The Hall–Kier alpha value is -2.83. The fourth-order valence-corrected chi connectivity index (χ4v) is 2.31. The van der Waals surface area contributed by atoms with Crippen LogP contribution < -0.4 is 16.4 Å². The van der Waals surface area contributed by atoms with E-state index in [-0.39, 0.29) is 0 Å². The average molecular weight is 315 g/mol. The van der Waals surface area contributed by atoms with Crippen LogP contribution in [0.3, 0.4) is 0 Å². The Balaban J connectivity index is 2.06. The molecule has 0 saturated heterocycles. The Bertz CT molecular complexity index is 723. The molecule has 1 aromatic carbocycles. The second-order valence-corrected chi connectivity index (χ2v) is 5.50. The summed E-state index contributed by atoms with van der Waals surface area (Å²) in [5.74, 6) is -0.471. The number of aromatic nitrogens is 2. The van der Waals surface area contributed by atoms with E-state index in [0.717, 1.165) is 22.6 Å². The number of nitrogens with two attached hydrogens (primary N) is 1. The van der Waals surface area contributed by atoms with Gasteiger partial charge < -0.3 is 11.1 Å².